The summed E-state index contributed by atoms with van der Waals surface area (Å²) in [7, 11) is 2.06. The monoisotopic (exact) mass is 147 g/mol. The zero-order valence-corrected chi connectivity index (χ0v) is 7.00. The normalized spacial score (nSPS) is 9.27. The largest absolute Gasteiger partial charge is 0.494 e. The molecule has 1 rings (SSSR count). The second kappa shape index (κ2) is 4.07. The molecule has 0 N–H and O–H groups in total. The zero-order valence-electron chi connectivity index (χ0n) is 7.00. The summed E-state index contributed by atoms with van der Waals surface area (Å²) in [5.74, 6) is 0.947. The maximum Gasteiger partial charge on any atom is 0.148 e. The third kappa shape index (κ3) is 2.30. The predicted molar refractivity (Wildman–Crippen MR) is 48.9 cm³/mol. The topological polar surface area (TPSA) is 9.23 Å². The molecule has 1 nitrogen and oxygen atoms in total. The summed E-state index contributed by atoms with van der Waals surface area (Å²) in [6.07, 6.45) is 0. The summed E-state index contributed by atoms with van der Waals surface area (Å²) in [5, 5.41) is 0. The molecule has 0 aliphatic heterocycles. The molecule has 0 aromatic heterocycles. The van der Waals surface area contributed by atoms with Gasteiger partial charge in [0.25, 0.3) is 0 Å². The molecule has 0 amide bonds. The lowest BCUT2D eigenvalue weighted by Gasteiger charge is -2.03. The summed E-state index contributed by atoms with van der Waals surface area (Å²) in [6, 6.07) is 8.06. The smallest absolute Gasteiger partial charge is 0.148 e. The Morgan fingerprint density at radius 1 is 1.45 bits per heavy atom. The fraction of sp³-hybridized carbons (Fsp3) is 0.333. The van der Waals surface area contributed by atoms with E-state index < -0.39 is 0 Å². The average molecular weight is 147 g/mol. The first-order valence-corrected chi connectivity index (χ1v) is 3.89. The highest BCUT2D eigenvalue weighted by Gasteiger charge is 1.92. The van der Waals surface area contributed by atoms with Gasteiger partial charge < -0.3 is 4.74 Å². The fourth-order valence-corrected chi connectivity index (χ4v) is 0.951. The molecule has 2 heteroatoms. The third-order valence-electron chi connectivity index (χ3n) is 1.50. The van der Waals surface area contributed by atoms with Crippen LogP contribution in [-0.4, -0.2) is 13.9 Å². The molecular formula is C9H12BO. The van der Waals surface area contributed by atoms with Gasteiger partial charge in [0.2, 0.25) is 0 Å². The van der Waals surface area contributed by atoms with Crippen LogP contribution in [0.4, 0.5) is 0 Å². The SMILES string of the molecule is C[B]c1cccc(OCC)c1. The van der Waals surface area contributed by atoms with Gasteiger partial charge in [-0.2, -0.15) is 0 Å². The van der Waals surface area contributed by atoms with Crippen LogP contribution in [0.3, 0.4) is 0 Å². The van der Waals surface area contributed by atoms with Crippen molar-refractivity contribution < 1.29 is 4.74 Å². The summed E-state index contributed by atoms with van der Waals surface area (Å²) in [4.78, 5) is 0. The van der Waals surface area contributed by atoms with Crippen molar-refractivity contribution in [3.05, 3.63) is 24.3 Å². The van der Waals surface area contributed by atoms with Gasteiger partial charge >= 0.3 is 0 Å². The van der Waals surface area contributed by atoms with E-state index in [-0.39, 0.29) is 0 Å². The molecule has 0 atom stereocenters. The number of benzene rings is 1. The van der Waals surface area contributed by atoms with Crippen LogP contribution in [0.1, 0.15) is 6.92 Å². The minimum absolute atomic E-state index is 0.729. The van der Waals surface area contributed by atoms with Crippen molar-refractivity contribution >= 4 is 12.7 Å². The molecule has 0 bridgehead atoms. The van der Waals surface area contributed by atoms with E-state index in [0.717, 1.165) is 12.4 Å². The Labute approximate surface area is 68.6 Å². The van der Waals surface area contributed by atoms with Crippen molar-refractivity contribution in [1.82, 2.24) is 0 Å². The van der Waals surface area contributed by atoms with Gasteiger partial charge in [0, 0.05) is 0 Å². The van der Waals surface area contributed by atoms with Crippen molar-refractivity contribution in [2.75, 3.05) is 6.61 Å². The molecule has 0 saturated carbocycles. The van der Waals surface area contributed by atoms with Crippen molar-refractivity contribution in [1.29, 1.82) is 0 Å². The minimum Gasteiger partial charge on any atom is -0.494 e. The quantitative estimate of drug-likeness (QED) is 0.588. The molecule has 0 aliphatic carbocycles. The molecule has 0 fully saturated rings. The second-order valence-corrected chi connectivity index (χ2v) is 2.29. The summed E-state index contributed by atoms with van der Waals surface area (Å²) >= 11 is 0. The van der Waals surface area contributed by atoms with E-state index in [9.17, 15) is 0 Å². The first-order valence-electron chi connectivity index (χ1n) is 3.89. The van der Waals surface area contributed by atoms with E-state index >= 15 is 0 Å². The van der Waals surface area contributed by atoms with Crippen molar-refractivity contribution in [3.8, 4) is 5.75 Å². The molecule has 57 valence electrons. The van der Waals surface area contributed by atoms with Crippen LogP contribution in [0.15, 0.2) is 24.3 Å². The van der Waals surface area contributed by atoms with Crippen LogP contribution in [0.25, 0.3) is 0 Å². The van der Waals surface area contributed by atoms with Crippen LogP contribution in [-0.2, 0) is 0 Å². The minimum atomic E-state index is 0.729. The average Bonchev–Trinajstić information content (AvgIpc) is 2.06. The van der Waals surface area contributed by atoms with Crippen LogP contribution in [0, 0.1) is 0 Å². The van der Waals surface area contributed by atoms with Gasteiger partial charge in [0.15, 0.2) is 0 Å². The highest BCUT2D eigenvalue weighted by Crippen LogP contribution is 2.05. The van der Waals surface area contributed by atoms with E-state index in [2.05, 4.69) is 13.3 Å². The van der Waals surface area contributed by atoms with Gasteiger partial charge in [0.05, 0.1) is 6.61 Å². The maximum atomic E-state index is 5.33. The van der Waals surface area contributed by atoms with Gasteiger partial charge in [-0.3, -0.25) is 0 Å². The molecule has 11 heavy (non-hydrogen) atoms. The molecule has 0 aliphatic rings. The Morgan fingerprint density at radius 2 is 2.27 bits per heavy atom. The van der Waals surface area contributed by atoms with E-state index in [1.165, 1.54) is 5.46 Å². The summed E-state index contributed by atoms with van der Waals surface area (Å²) in [6.45, 7) is 4.74. The molecule has 1 aromatic carbocycles. The lowest BCUT2D eigenvalue weighted by Crippen LogP contribution is -2.09. The molecule has 0 heterocycles. The highest BCUT2D eigenvalue weighted by molar-refractivity contribution is 6.51. The molecular weight excluding hydrogens is 135 g/mol. The number of ether oxygens (including phenoxy) is 1. The van der Waals surface area contributed by atoms with Crippen LogP contribution in [0.5, 0.6) is 5.75 Å². The number of hydrogen-bond acceptors (Lipinski definition) is 1. The van der Waals surface area contributed by atoms with Gasteiger partial charge in [-0.05, 0) is 19.1 Å². The van der Waals surface area contributed by atoms with Gasteiger partial charge in [-0.1, -0.05) is 24.4 Å². The van der Waals surface area contributed by atoms with Gasteiger partial charge in [0.1, 0.15) is 13.0 Å². The lowest BCUT2D eigenvalue weighted by molar-refractivity contribution is 0.340. The van der Waals surface area contributed by atoms with Crippen LogP contribution >= 0.6 is 0 Å². The van der Waals surface area contributed by atoms with E-state index in [1.54, 1.807) is 0 Å². The number of rotatable bonds is 3. The molecule has 0 spiro atoms. The van der Waals surface area contributed by atoms with E-state index in [0.29, 0.717) is 0 Å². The Morgan fingerprint density at radius 3 is 2.91 bits per heavy atom. The number of hydrogen-bond donors (Lipinski definition) is 0. The third-order valence-corrected chi connectivity index (χ3v) is 1.50. The lowest BCUT2D eigenvalue weighted by atomic mass is 9.73. The van der Waals surface area contributed by atoms with Crippen molar-refractivity contribution in [2.45, 2.75) is 13.7 Å². The van der Waals surface area contributed by atoms with Crippen LogP contribution < -0.4 is 10.2 Å². The highest BCUT2D eigenvalue weighted by atomic mass is 16.5. The predicted octanol–water partition coefficient (Wildman–Crippen LogP) is 1.46. The maximum absolute atomic E-state index is 5.33. The van der Waals surface area contributed by atoms with E-state index in [4.69, 9.17) is 4.74 Å². The molecule has 1 aromatic rings. The Kier molecular flexibility index (Phi) is 3.03. The van der Waals surface area contributed by atoms with Crippen molar-refractivity contribution in [3.63, 3.8) is 0 Å². The second-order valence-electron chi connectivity index (χ2n) is 2.29. The Bertz CT molecular complexity index is 223. The summed E-state index contributed by atoms with van der Waals surface area (Å²) < 4.78 is 5.33. The fourth-order valence-electron chi connectivity index (χ4n) is 0.951. The Balaban J connectivity index is 2.74. The summed E-state index contributed by atoms with van der Waals surface area (Å²) in [5.41, 5.74) is 1.20. The molecule has 1 radical (unpaired) electrons. The van der Waals surface area contributed by atoms with Gasteiger partial charge in [-0.15, -0.1) is 0 Å². The van der Waals surface area contributed by atoms with Crippen LogP contribution in [0.2, 0.25) is 6.82 Å². The first kappa shape index (κ1) is 8.18. The van der Waals surface area contributed by atoms with Gasteiger partial charge in [-0.25, -0.2) is 0 Å². The standard InChI is InChI=1S/C9H12BO/c1-3-11-9-6-4-5-8(7-9)10-2/h4-7H,3H2,1-2H3. The molecule has 0 saturated heterocycles. The Hall–Kier alpha value is -0.915. The first-order chi connectivity index (χ1) is 5.36. The van der Waals surface area contributed by atoms with E-state index in [1.807, 2.05) is 31.9 Å². The zero-order chi connectivity index (χ0) is 8.10. The molecule has 0 unspecified atom stereocenters. The van der Waals surface area contributed by atoms with Crippen molar-refractivity contribution in [2.24, 2.45) is 0 Å².